The van der Waals surface area contributed by atoms with Crippen molar-refractivity contribution in [2.75, 3.05) is 23.7 Å². The SMILES string of the molecule is Fc1ccc(CCNc2nncc(NCCCc3ccccc3)n2)cc1. The second-order valence-electron chi connectivity index (χ2n) is 5.98. The highest BCUT2D eigenvalue weighted by molar-refractivity contribution is 5.37. The highest BCUT2D eigenvalue weighted by atomic mass is 19.1. The number of hydrogen-bond donors (Lipinski definition) is 2. The van der Waals surface area contributed by atoms with Gasteiger partial charge >= 0.3 is 0 Å². The van der Waals surface area contributed by atoms with Gasteiger partial charge in [0.05, 0.1) is 6.20 Å². The summed E-state index contributed by atoms with van der Waals surface area (Å²) in [7, 11) is 0. The number of nitrogens with zero attached hydrogens (tertiary/aromatic N) is 3. The maximum absolute atomic E-state index is 12.9. The summed E-state index contributed by atoms with van der Waals surface area (Å²) in [6, 6.07) is 16.9. The number of anilines is 2. The molecule has 0 spiro atoms. The maximum Gasteiger partial charge on any atom is 0.244 e. The van der Waals surface area contributed by atoms with E-state index >= 15 is 0 Å². The molecule has 0 aliphatic heterocycles. The number of halogens is 1. The van der Waals surface area contributed by atoms with Crippen LogP contribution in [0.25, 0.3) is 0 Å². The van der Waals surface area contributed by atoms with Crippen LogP contribution in [0.5, 0.6) is 0 Å². The van der Waals surface area contributed by atoms with Crippen LogP contribution in [0.15, 0.2) is 60.8 Å². The molecule has 1 heterocycles. The molecule has 0 fully saturated rings. The second kappa shape index (κ2) is 9.46. The van der Waals surface area contributed by atoms with Gasteiger partial charge in [0.25, 0.3) is 0 Å². The monoisotopic (exact) mass is 351 g/mol. The van der Waals surface area contributed by atoms with Crippen LogP contribution in [0, 0.1) is 5.82 Å². The lowest BCUT2D eigenvalue weighted by Crippen LogP contribution is -2.11. The minimum absolute atomic E-state index is 0.222. The van der Waals surface area contributed by atoms with Crippen molar-refractivity contribution in [2.45, 2.75) is 19.3 Å². The van der Waals surface area contributed by atoms with Gasteiger partial charge in [0, 0.05) is 13.1 Å². The largest absolute Gasteiger partial charge is 0.369 e. The van der Waals surface area contributed by atoms with E-state index in [1.165, 1.54) is 17.7 Å². The molecule has 0 radical (unpaired) electrons. The van der Waals surface area contributed by atoms with Crippen LogP contribution in [0.1, 0.15) is 17.5 Å². The van der Waals surface area contributed by atoms with Crippen LogP contribution in [0.3, 0.4) is 0 Å². The molecule has 0 unspecified atom stereocenters. The predicted molar refractivity (Wildman–Crippen MR) is 102 cm³/mol. The molecule has 0 aliphatic carbocycles. The quantitative estimate of drug-likeness (QED) is 0.576. The topological polar surface area (TPSA) is 62.7 Å². The Bertz CT molecular complexity index is 793. The smallest absolute Gasteiger partial charge is 0.244 e. The van der Waals surface area contributed by atoms with Crippen molar-refractivity contribution in [3.8, 4) is 0 Å². The summed E-state index contributed by atoms with van der Waals surface area (Å²) in [4.78, 5) is 4.41. The van der Waals surface area contributed by atoms with Crippen LogP contribution in [-0.4, -0.2) is 28.3 Å². The van der Waals surface area contributed by atoms with Crippen LogP contribution >= 0.6 is 0 Å². The van der Waals surface area contributed by atoms with E-state index in [0.29, 0.717) is 18.3 Å². The van der Waals surface area contributed by atoms with Crippen LogP contribution in [0.4, 0.5) is 16.2 Å². The van der Waals surface area contributed by atoms with Crippen molar-refractivity contribution < 1.29 is 4.39 Å². The third-order valence-corrected chi connectivity index (χ3v) is 3.96. The van der Waals surface area contributed by atoms with Gasteiger partial charge in [-0.1, -0.05) is 42.5 Å². The molecular weight excluding hydrogens is 329 g/mol. The zero-order chi connectivity index (χ0) is 18.0. The fourth-order valence-corrected chi connectivity index (χ4v) is 2.59. The summed E-state index contributed by atoms with van der Waals surface area (Å²) in [5.74, 6) is 0.970. The maximum atomic E-state index is 12.9. The first-order valence-corrected chi connectivity index (χ1v) is 8.75. The van der Waals surface area contributed by atoms with Gasteiger partial charge < -0.3 is 10.6 Å². The van der Waals surface area contributed by atoms with Crippen molar-refractivity contribution in [1.82, 2.24) is 15.2 Å². The van der Waals surface area contributed by atoms with Gasteiger partial charge in [-0.2, -0.15) is 10.1 Å². The summed E-state index contributed by atoms with van der Waals surface area (Å²) in [5.41, 5.74) is 2.39. The molecule has 2 aromatic carbocycles. The summed E-state index contributed by atoms with van der Waals surface area (Å²) in [6.07, 6.45) is 4.42. The van der Waals surface area contributed by atoms with Gasteiger partial charge in [-0.3, -0.25) is 0 Å². The number of nitrogens with one attached hydrogen (secondary N) is 2. The Morgan fingerprint density at radius 1 is 0.808 bits per heavy atom. The summed E-state index contributed by atoms with van der Waals surface area (Å²) in [6.45, 7) is 1.48. The zero-order valence-electron chi connectivity index (χ0n) is 14.5. The highest BCUT2D eigenvalue weighted by Gasteiger charge is 2.01. The number of aryl methyl sites for hydroxylation is 1. The molecule has 3 rings (SSSR count). The molecule has 5 nitrogen and oxygen atoms in total. The van der Waals surface area contributed by atoms with E-state index in [2.05, 4.69) is 50.1 Å². The van der Waals surface area contributed by atoms with E-state index in [4.69, 9.17) is 0 Å². The molecule has 0 atom stereocenters. The Labute approximate surface area is 152 Å². The van der Waals surface area contributed by atoms with Crippen molar-refractivity contribution >= 4 is 11.8 Å². The third kappa shape index (κ3) is 5.81. The lowest BCUT2D eigenvalue weighted by molar-refractivity contribution is 0.627. The van der Waals surface area contributed by atoms with Gasteiger partial charge in [-0.15, -0.1) is 5.10 Å². The van der Waals surface area contributed by atoms with E-state index in [1.54, 1.807) is 18.3 Å². The molecule has 0 amide bonds. The first-order chi connectivity index (χ1) is 12.8. The molecular formula is C20H22FN5. The Hall–Kier alpha value is -3.02. The number of benzene rings is 2. The van der Waals surface area contributed by atoms with Gasteiger partial charge in [0.15, 0.2) is 0 Å². The van der Waals surface area contributed by atoms with E-state index in [0.717, 1.165) is 31.4 Å². The van der Waals surface area contributed by atoms with E-state index in [-0.39, 0.29) is 5.82 Å². The number of aromatic nitrogens is 3. The van der Waals surface area contributed by atoms with Crippen molar-refractivity contribution in [2.24, 2.45) is 0 Å². The minimum Gasteiger partial charge on any atom is -0.369 e. The molecule has 26 heavy (non-hydrogen) atoms. The van der Waals surface area contributed by atoms with E-state index in [1.807, 2.05) is 6.07 Å². The van der Waals surface area contributed by atoms with Gasteiger partial charge in [0.2, 0.25) is 5.95 Å². The molecule has 3 aromatic rings. The van der Waals surface area contributed by atoms with Gasteiger partial charge in [-0.05, 0) is 42.5 Å². The molecule has 134 valence electrons. The lowest BCUT2D eigenvalue weighted by atomic mass is 10.1. The first-order valence-electron chi connectivity index (χ1n) is 8.75. The average molecular weight is 351 g/mol. The Balaban J connectivity index is 1.40. The molecule has 0 bridgehead atoms. The Kier molecular flexibility index (Phi) is 6.47. The molecule has 2 N–H and O–H groups in total. The van der Waals surface area contributed by atoms with Crippen LogP contribution in [-0.2, 0) is 12.8 Å². The van der Waals surface area contributed by atoms with E-state index in [9.17, 15) is 4.39 Å². The minimum atomic E-state index is -0.222. The summed E-state index contributed by atoms with van der Waals surface area (Å²) in [5, 5.41) is 14.4. The van der Waals surface area contributed by atoms with Crippen molar-refractivity contribution in [1.29, 1.82) is 0 Å². The highest BCUT2D eigenvalue weighted by Crippen LogP contribution is 2.07. The van der Waals surface area contributed by atoms with Crippen molar-refractivity contribution in [3.05, 3.63) is 77.7 Å². The summed E-state index contributed by atoms with van der Waals surface area (Å²) < 4.78 is 12.9. The molecule has 0 aliphatic rings. The first kappa shape index (κ1) is 17.8. The molecule has 0 saturated carbocycles. The second-order valence-corrected chi connectivity index (χ2v) is 5.98. The Morgan fingerprint density at radius 3 is 2.38 bits per heavy atom. The Morgan fingerprint density at radius 2 is 1.58 bits per heavy atom. The number of hydrogen-bond acceptors (Lipinski definition) is 5. The zero-order valence-corrected chi connectivity index (χ0v) is 14.5. The van der Waals surface area contributed by atoms with Crippen molar-refractivity contribution in [3.63, 3.8) is 0 Å². The molecule has 1 aromatic heterocycles. The fourth-order valence-electron chi connectivity index (χ4n) is 2.59. The molecule has 0 saturated heterocycles. The lowest BCUT2D eigenvalue weighted by Gasteiger charge is -2.08. The standard InChI is InChI=1S/C20H22FN5/c21-18-10-8-17(9-11-18)12-14-23-20-25-19(15-24-26-20)22-13-4-7-16-5-2-1-3-6-16/h1-3,5-6,8-11,15H,4,7,12-14H2,(H2,22,23,25,26). The average Bonchev–Trinajstić information content (AvgIpc) is 2.68. The van der Waals surface area contributed by atoms with Gasteiger partial charge in [-0.25, -0.2) is 4.39 Å². The predicted octanol–water partition coefficient (Wildman–Crippen LogP) is 3.71. The fraction of sp³-hybridized carbons (Fsp3) is 0.250. The normalized spacial score (nSPS) is 10.5. The molecule has 6 heteroatoms. The van der Waals surface area contributed by atoms with Crippen LogP contribution < -0.4 is 10.6 Å². The van der Waals surface area contributed by atoms with Gasteiger partial charge in [0.1, 0.15) is 11.6 Å². The summed E-state index contributed by atoms with van der Waals surface area (Å²) >= 11 is 0. The third-order valence-electron chi connectivity index (χ3n) is 3.96. The van der Waals surface area contributed by atoms with Crippen LogP contribution in [0.2, 0.25) is 0 Å². The number of rotatable bonds is 9. The van der Waals surface area contributed by atoms with E-state index < -0.39 is 0 Å².